The van der Waals surface area contributed by atoms with Crippen LogP contribution in [-0.4, -0.2) is 21.7 Å². The fraction of sp³-hybridized carbons (Fsp3) is 0.273. The van der Waals surface area contributed by atoms with Crippen LogP contribution in [0.25, 0.3) is 0 Å². The third-order valence-electron chi connectivity index (χ3n) is 2.06. The van der Waals surface area contributed by atoms with Gasteiger partial charge in [-0.2, -0.15) is 0 Å². The number of carbonyl (C=O) groups excluding carboxylic acids is 1. The van der Waals surface area contributed by atoms with Crippen molar-refractivity contribution in [1.29, 1.82) is 0 Å². The van der Waals surface area contributed by atoms with Gasteiger partial charge in [0.05, 0.1) is 11.2 Å². The smallest absolute Gasteiger partial charge is 0.307 e. The summed E-state index contributed by atoms with van der Waals surface area (Å²) >= 11 is 7.32. The van der Waals surface area contributed by atoms with Crippen molar-refractivity contribution in [3.05, 3.63) is 29.3 Å². The van der Waals surface area contributed by atoms with Gasteiger partial charge in [0, 0.05) is 10.5 Å². The molecule has 0 aliphatic rings. The van der Waals surface area contributed by atoms with E-state index in [1.54, 1.807) is 25.1 Å². The predicted molar refractivity (Wildman–Crippen MR) is 67.8 cm³/mol. The number of aliphatic carboxylic acids is 1. The minimum Gasteiger partial charge on any atom is -0.481 e. The van der Waals surface area contributed by atoms with Gasteiger partial charge in [0.25, 0.3) is 0 Å². The van der Waals surface area contributed by atoms with Gasteiger partial charge in [-0.05, 0) is 24.6 Å². The molecule has 0 bridgehead atoms. The number of carboxylic acid groups (broad SMARTS) is 1. The summed E-state index contributed by atoms with van der Waals surface area (Å²) in [5.74, 6) is -1.09. The molecule has 3 nitrogen and oxygen atoms in total. The Labute approximate surface area is 107 Å². The number of carbonyl (C=O) groups is 2. The Hall–Kier alpha value is -0.810. The SMILES string of the molecule is CC(Br)C(=O)c1cc(S)ccc1CC(=O)O. The first-order chi connectivity index (χ1) is 7.41. The molecule has 1 aromatic carbocycles. The molecule has 86 valence electrons. The van der Waals surface area contributed by atoms with E-state index in [1.807, 2.05) is 0 Å². The van der Waals surface area contributed by atoms with Gasteiger partial charge >= 0.3 is 5.97 Å². The average Bonchev–Trinajstić information content (AvgIpc) is 2.18. The maximum Gasteiger partial charge on any atom is 0.307 e. The first kappa shape index (κ1) is 13.3. The molecule has 0 saturated heterocycles. The summed E-state index contributed by atoms with van der Waals surface area (Å²) in [7, 11) is 0. The predicted octanol–water partition coefficient (Wildman–Crippen LogP) is 2.57. The second kappa shape index (κ2) is 5.50. The number of halogens is 1. The average molecular weight is 303 g/mol. The molecule has 5 heteroatoms. The molecule has 1 rings (SSSR count). The Morgan fingerprint density at radius 3 is 2.62 bits per heavy atom. The monoisotopic (exact) mass is 302 g/mol. The number of alkyl halides is 1. The standard InChI is InChI=1S/C11H11BrO3S/c1-6(12)11(15)9-5-8(16)3-2-7(9)4-10(13)14/h2-3,5-6,16H,4H2,1H3,(H,13,14). The molecule has 1 N–H and O–H groups in total. The molecule has 1 aromatic rings. The zero-order valence-electron chi connectivity index (χ0n) is 8.61. The summed E-state index contributed by atoms with van der Waals surface area (Å²) in [5.41, 5.74) is 0.931. The summed E-state index contributed by atoms with van der Waals surface area (Å²) < 4.78 is 0. The number of hydrogen-bond acceptors (Lipinski definition) is 3. The largest absolute Gasteiger partial charge is 0.481 e. The lowest BCUT2D eigenvalue weighted by molar-refractivity contribution is -0.136. The molecule has 0 aliphatic heterocycles. The quantitative estimate of drug-likeness (QED) is 0.510. The molecule has 0 aromatic heterocycles. The van der Waals surface area contributed by atoms with Crippen LogP contribution in [0, 0.1) is 0 Å². The van der Waals surface area contributed by atoms with E-state index in [-0.39, 0.29) is 17.0 Å². The highest BCUT2D eigenvalue weighted by Gasteiger charge is 2.17. The van der Waals surface area contributed by atoms with Crippen LogP contribution in [0.5, 0.6) is 0 Å². The normalized spacial score (nSPS) is 12.2. The van der Waals surface area contributed by atoms with Gasteiger partial charge in [0.15, 0.2) is 5.78 Å². The van der Waals surface area contributed by atoms with Crippen molar-refractivity contribution in [1.82, 2.24) is 0 Å². The van der Waals surface area contributed by atoms with E-state index in [1.165, 1.54) is 0 Å². The third kappa shape index (κ3) is 3.35. The van der Waals surface area contributed by atoms with Crippen LogP contribution in [0.3, 0.4) is 0 Å². The highest BCUT2D eigenvalue weighted by molar-refractivity contribution is 9.10. The number of Topliss-reactive ketones (excluding diaryl/α,β-unsaturated/α-hetero) is 1. The van der Waals surface area contributed by atoms with Gasteiger partial charge < -0.3 is 5.11 Å². The highest BCUT2D eigenvalue weighted by Crippen LogP contribution is 2.19. The van der Waals surface area contributed by atoms with Crippen molar-refractivity contribution in [2.75, 3.05) is 0 Å². The number of rotatable bonds is 4. The highest BCUT2D eigenvalue weighted by atomic mass is 79.9. The molecule has 0 aliphatic carbocycles. The van der Waals surface area contributed by atoms with Gasteiger partial charge in [-0.15, -0.1) is 12.6 Å². The van der Waals surface area contributed by atoms with Crippen molar-refractivity contribution in [2.24, 2.45) is 0 Å². The van der Waals surface area contributed by atoms with Gasteiger partial charge in [-0.3, -0.25) is 9.59 Å². The maximum atomic E-state index is 11.8. The van der Waals surface area contributed by atoms with Crippen molar-refractivity contribution < 1.29 is 14.7 Å². The van der Waals surface area contributed by atoms with E-state index < -0.39 is 5.97 Å². The van der Waals surface area contributed by atoms with Crippen molar-refractivity contribution in [3.8, 4) is 0 Å². The number of ketones is 1. The third-order valence-corrected chi connectivity index (χ3v) is 2.76. The molecule has 1 unspecified atom stereocenters. The Balaban J connectivity index is 3.17. The first-order valence-electron chi connectivity index (χ1n) is 4.63. The Morgan fingerprint density at radius 2 is 2.12 bits per heavy atom. The topological polar surface area (TPSA) is 54.4 Å². The molecule has 0 amide bonds. The van der Waals surface area contributed by atoms with E-state index in [9.17, 15) is 9.59 Å². The summed E-state index contributed by atoms with van der Waals surface area (Å²) in [6.07, 6.45) is -0.158. The summed E-state index contributed by atoms with van der Waals surface area (Å²) in [4.78, 5) is 22.8. The molecule has 0 saturated carbocycles. The molecule has 0 fully saturated rings. The van der Waals surface area contributed by atoms with E-state index in [2.05, 4.69) is 28.6 Å². The summed E-state index contributed by atoms with van der Waals surface area (Å²) in [6, 6.07) is 4.90. The Morgan fingerprint density at radius 1 is 1.50 bits per heavy atom. The van der Waals surface area contributed by atoms with E-state index in [0.29, 0.717) is 16.0 Å². The number of carboxylic acids is 1. The van der Waals surface area contributed by atoms with Crippen LogP contribution in [0.4, 0.5) is 0 Å². The lowest BCUT2D eigenvalue weighted by Gasteiger charge is -2.09. The molecule has 0 spiro atoms. The van der Waals surface area contributed by atoms with E-state index in [4.69, 9.17) is 5.11 Å². The molecule has 0 radical (unpaired) electrons. The second-order valence-electron chi connectivity index (χ2n) is 3.39. The fourth-order valence-corrected chi connectivity index (χ4v) is 1.78. The van der Waals surface area contributed by atoms with Crippen LogP contribution in [-0.2, 0) is 11.2 Å². The van der Waals surface area contributed by atoms with Crippen LogP contribution < -0.4 is 0 Å². The summed E-state index contributed by atoms with van der Waals surface area (Å²) in [6.45, 7) is 1.71. The van der Waals surface area contributed by atoms with Crippen LogP contribution in [0.2, 0.25) is 0 Å². The van der Waals surface area contributed by atoms with Crippen LogP contribution in [0.15, 0.2) is 23.1 Å². The minimum absolute atomic E-state index is 0.132. The van der Waals surface area contributed by atoms with Crippen molar-refractivity contribution >= 4 is 40.3 Å². The molecular weight excluding hydrogens is 292 g/mol. The van der Waals surface area contributed by atoms with Gasteiger partial charge in [0.1, 0.15) is 0 Å². The lowest BCUT2D eigenvalue weighted by Crippen LogP contribution is -2.14. The van der Waals surface area contributed by atoms with Crippen molar-refractivity contribution in [2.45, 2.75) is 23.1 Å². The molecule has 16 heavy (non-hydrogen) atoms. The molecule has 1 atom stereocenters. The lowest BCUT2D eigenvalue weighted by atomic mass is 10.00. The van der Waals surface area contributed by atoms with Gasteiger partial charge in [0.2, 0.25) is 0 Å². The van der Waals surface area contributed by atoms with Gasteiger partial charge in [-0.1, -0.05) is 22.0 Å². The fourth-order valence-electron chi connectivity index (χ4n) is 1.33. The second-order valence-corrected chi connectivity index (χ2v) is 5.28. The van der Waals surface area contributed by atoms with Crippen LogP contribution in [0.1, 0.15) is 22.8 Å². The van der Waals surface area contributed by atoms with Crippen molar-refractivity contribution in [3.63, 3.8) is 0 Å². The Kier molecular flexibility index (Phi) is 4.56. The number of hydrogen-bond donors (Lipinski definition) is 2. The van der Waals surface area contributed by atoms with Gasteiger partial charge in [-0.25, -0.2) is 0 Å². The minimum atomic E-state index is -0.955. The molecule has 0 heterocycles. The number of thiol groups is 1. The van der Waals surface area contributed by atoms with Crippen LogP contribution >= 0.6 is 28.6 Å². The van der Waals surface area contributed by atoms with E-state index in [0.717, 1.165) is 0 Å². The maximum absolute atomic E-state index is 11.8. The molecular formula is C11H11BrO3S. The zero-order chi connectivity index (χ0) is 12.3. The first-order valence-corrected chi connectivity index (χ1v) is 6.00. The number of benzene rings is 1. The van der Waals surface area contributed by atoms with E-state index >= 15 is 0 Å². The summed E-state index contributed by atoms with van der Waals surface area (Å²) in [5, 5.41) is 8.74. The zero-order valence-corrected chi connectivity index (χ0v) is 11.1. The Bertz CT molecular complexity index is 429.